The highest BCUT2D eigenvalue weighted by Gasteiger charge is 2.13. The number of rotatable bonds is 1. The molecule has 1 aliphatic heterocycles. The lowest BCUT2D eigenvalue weighted by molar-refractivity contribution is 0.0957. The highest BCUT2D eigenvalue weighted by atomic mass is 16.1. The van der Waals surface area contributed by atoms with Gasteiger partial charge in [-0.15, -0.1) is 0 Å². The first-order valence-electron chi connectivity index (χ1n) is 5.93. The van der Waals surface area contributed by atoms with Gasteiger partial charge in [-0.05, 0) is 18.9 Å². The van der Waals surface area contributed by atoms with Crippen LogP contribution in [0, 0.1) is 0 Å². The molecule has 1 aromatic rings. The van der Waals surface area contributed by atoms with Gasteiger partial charge < -0.3 is 9.88 Å². The van der Waals surface area contributed by atoms with Gasteiger partial charge in [-0.3, -0.25) is 4.79 Å². The van der Waals surface area contributed by atoms with Crippen molar-refractivity contribution in [3.8, 4) is 0 Å². The van der Waals surface area contributed by atoms with E-state index in [1.807, 2.05) is 36.9 Å². The van der Waals surface area contributed by atoms with Gasteiger partial charge in [0, 0.05) is 25.5 Å². The Labute approximate surface area is 97.2 Å². The van der Waals surface area contributed by atoms with Crippen molar-refractivity contribution in [2.45, 2.75) is 33.7 Å². The van der Waals surface area contributed by atoms with Crippen LogP contribution in [0.15, 0.2) is 24.5 Å². The van der Waals surface area contributed by atoms with Crippen molar-refractivity contribution in [2.75, 3.05) is 6.54 Å². The summed E-state index contributed by atoms with van der Waals surface area (Å²) in [6.07, 6.45) is 8.91. The molecular weight excluding hydrogens is 200 g/mol. The Balaban J connectivity index is 0.000000606. The summed E-state index contributed by atoms with van der Waals surface area (Å²) in [5, 5.41) is 2.84. The normalized spacial score (nSPS) is 14.1. The number of fused-ring (bicyclic) bond motifs is 1. The van der Waals surface area contributed by atoms with Crippen LogP contribution in [0.4, 0.5) is 0 Å². The molecule has 1 aliphatic rings. The second-order valence-corrected chi connectivity index (χ2v) is 3.41. The summed E-state index contributed by atoms with van der Waals surface area (Å²) >= 11 is 0. The second-order valence-electron chi connectivity index (χ2n) is 3.41. The first-order valence-corrected chi connectivity index (χ1v) is 5.93. The van der Waals surface area contributed by atoms with E-state index in [4.69, 9.17) is 0 Å². The highest BCUT2D eigenvalue weighted by Crippen LogP contribution is 2.13. The fourth-order valence-electron chi connectivity index (χ4n) is 1.65. The summed E-state index contributed by atoms with van der Waals surface area (Å²) in [6, 6.07) is 0. The molecule has 0 saturated carbocycles. The number of carbonyl (C=O) groups is 1. The van der Waals surface area contributed by atoms with Gasteiger partial charge in [0.15, 0.2) is 0 Å². The van der Waals surface area contributed by atoms with Crippen molar-refractivity contribution in [3.63, 3.8) is 0 Å². The molecule has 2 heterocycles. The van der Waals surface area contributed by atoms with E-state index >= 15 is 0 Å². The number of aryl methyl sites for hydroxylation is 1. The standard InChI is InChI=1S/C11H14N2O.C2H6/c1-2-13-7-9-5-3-4-6-12-11(14)10(9)8-13;1-2/h3-4,7-8H,2,5-6H2,1H3,(H,12,14);1-2H3. The maximum absolute atomic E-state index is 11.6. The zero-order valence-electron chi connectivity index (χ0n) is 10.3. The van der Waals surface area contributed by atoms with Crippen LogP contribution in [-0.4, -0.2) is 17.0 Å². The van der Waals surface area contributed by atoms with E-state index < -0.39 is 0 Å². The van der Waals surface area contributed by atoms with E-state index in [0.717, 1.165) is 24.1 Å². The summed E-state index contributed by atoms with van der Waals surface area (Å²) in [5.74, 6) is 0.0385. The van der Waals surface area contributed by atoms with Crippen molar-refractivity contribution in [1.29, 1.82) is 0 Å². The number of allylic oxidation sites excluding steroid dienone is 1. The Bertz CT molecular complexity index is 377. The first-order chi connectivity index (χ1) is 7.81. The van der Waals surface area contributed by atoms with E-state index in [9.17, 15) is 4.79 Å². The molecule has 3 nitrogen and oxygen atoms in total. The van der Waals surface area contributed by atoms with Crippen LogP contribution in [0.5, 0.6) is 0 Å². The van der Waals surface area contributed by atoms with Crippen molar-refractivity contribution in [1.82, 2.24) is 9.88 Å². The minimum Gasteiger partial charge on any atom is -0.353 e. The zero-order chi connectivity index (χ0) is 12.0. The van der Waals surface area contributed by atoms with Crippen LogP contribution in [0.25, 0.3) is 0 Å². The second kappa shape index (κ2) is 6.16. The molecule has 0 radical (unpaired) electrons. The smallest absolute Gasteiger partial charge is 0.253 e. The number of amides is 1. The summed E-state index contributed by atoms with van der Waals surface area (Å²) in [6.45, 7) is 7.61. The van der Waals surface area contributed by atoms with Crippen molar-refractivity contribution < 1.29 is 4.79 Å². The SMILES string of the molecule is CC.CCn1cc2c(c1)C(=O)NCC=CC2. The molecule has 16 heavy (non-hydrogen) atoms. The molecule has 0 spiro atoms. The third kappa shape index (κ3) is 2.75. The summed E-state index contributed by atoms with van der Waals surface area (Å²) in [7, 11) is 0. The van der Waals surface area contributed by atoms with Gasteiger partial charge in [0.05, 0.1) is 5.56 Å². The van der Waals surface area contributed by atoms with E-state index in [2.05, 4.69) is 18.3 Å². The first kappa shape index (κ1) is 12.6. The van der Waals surface area contributed by atoms with Gasteiger partial charge in [0.25, 0.3) is 5.91 Å². The summed E-state index contributed by atoms with van der Waals surface area (Å²) in [4.78, 5) is 11.6. The third-order valence-electron chi connectivity index (χ3n) is 2.46. The Morgan fingerprint density at radius 3 is 2.75 bits per heavy atom. The van der Waals surface area contributed by atoms with Crippen LogP contribution in [0.1, 0.15) is 36.7 Å². The lowest BCUT2D eigenvalue weighted by atomic mass is 10.1. The van der Waals surface area contributed by atoms with E-state index in [1.165, 1.54) is 0 Å². The Hall–Kier alpha value is -1.51. The molecule has 0 aromatic carbocycles. The predicted octanol–water partition coefficient (Wildman–Crippen LogP) is 2.38. The lowest BCUT2D eigenvalue weighted by Gasteiger charge is -2.05. The maximum atomic E-state index is 11.6. The molecule has 0 fully saturated rings. The van der Waals surface area contributed by atoms with Crippen LogP contribution in [0.2, 0.25) is 0 Å². The number of nitrogens with zero attached hydrogens (tertiary/aromatic N) is 1. The quantitative estimate of drug-likeness (QED) is 0.724. The molecule has 1 aromatic heterocycles. The molecule has 0 atom stereocenters. The van der Waals surface area contributed by atoms with E-state index in [-0.39, 0.29) is 5.91 Å². The minimum atomic E-state index is 0.0385. The molecule has 3 heteroatoms. The van der Waals surface area contributed by atoms with E-state index in [0.29, 0.717) is 6.54 Å². The van der Waals surface area contributed by atoms with Gasteiger partial charge in [-0.1, -0.05) is 26.0 Å². The van der Waals surface area contributed by atoms with Crippen molar-refractivity contribution >= 4 is 5.91 Å². The third-order valence-corrected chi connectivity index (χ3v) is 2.46. The van der Waals surface area contributed by atoms with Crippen molar-refractivity contribution in [3.05, 3.63) is 35.7 Å². The Kier molecular flexibility index (Phi) is 4.83. The number of aromatic nitrogens is 1. The topological polar surface area (TPSA) is 34.0 Å². The molecule has 0 aliphatic carbocycles. The van der Waals surface area contributed by atoms with Crippen LogP contribution < -0.4 is 5.32 Å². The molecule has 0 bridgehead atoms. The van der Waals surface area contributed by atoms with Gasteiger partial charge >= 0.3 is 0 Å². The largest absolute Gasteiger partial charge is 0.353 e. The minimum absolute atomic E-state index is 0.0385. The number of hydrogen-bond acceptors (Lipinski definition) is 1. The monoisotopic (exact) mass is 220 g/mol. The number of carbonyl (C=O) groups excluding carboxylic acids is 1. The van der Waals surface area contributed by atoms with Crippen molar-refractivity contribution in [2.24, 2.45) is 0 Å². The molecular formula is C13H20N2O. The predicted molar refractivity (Wildman–Crippen MR) is 66.6 cm³/mol. The summed E-state index contributed by atoms with van der Waals surface area (Å²) < 4.78 is 2.05. The molecule has 0 unspecified atom stereocenters. The molecule has 2 rings (SSSR count). The number of hydrogen-bond donors (Lipinski definition) is 1. The molecule has 1 N–H and O–H groups in total. The van der Waals surface area contributed by atoms with Gasteiger partial charge in [-0.25, -0.2) is 0 Å². The maximum Gasteiger partial charge on any atom is 0.253 e. The number of nitrogens with one attached hydrogen (secondary N) is 1. The lowest BCUT2D eigenvalue weighted by Crippen LogP contribution is -2.24. The summed E-state index contributed by atoms with van der Waals surface area (Å²) in [5.41, 5.74) is 1.93. The van der Waals surface area contributed by atoms with Gasteiger partial charge in [0.2, 0.25) is 0 Å². The molecule has 0 saturated heterocycles. The molecule has 88 valence electrons. The Morgan fingerprint density at radius 2 is 2.06 bits per heavy atom. The fraction of sp³-hybridized carbons (Fsp3) is 0.462. The average molecular weight is 220 g/mol. The highest BCUT2D eigenvalue weighted by molar-refractivity contribution is 5.95. The van der Waals surface area contributed by atoms with Crippen LogP contribution >= 0.6 is 0 Å². The van der Waals surface area contributed by atoms with E-state index in [1.54, 1.807) is 0 Å². The van der Waals surface area contributed by atoms with Crippen LogP contribution in [0.3, 0.4) is 0 Å². The fourth-order valence-corrected chi connectivity index (χ4v) is 1.65. The zero-order valence-corrected chi connectivity index (χ0v) is 10.3. The Morgan fingerprint density at radius 1 is 1.31 bits per heavy atom. The molecule has 1 amide bonds. The van der Waals surface area contributed by atoms with Gasteiger partial charge in [-0.2, -0.15) is 0 Å². The van der Waals surface area contributed by atoms with Crippen LogP contribution in [-0.2, 0) is 13.0 Å². The van der Waals surface area contributed by atoms with Gasteiger partial charge in [0.1, 0.15) is 0 Å². The average Bonchev–Trinajstić information content (AvgIpc) is 2.71.